The molecule has 162 valence electrons. The number of nitrogens with one attached hydrogen (secondary N) is 2. The van der Waals surface area contributed by atoms with E-state index in [0.717, 1.165) is 49.4 Å². The van der Waals surface area contributed by atoms with Gasteiger partial charge in [0.2, 0.25) is 0 Å². The quantitative estimate of drug-likeness (QED) is 0.591. The monoisotopic (exact) mass is 437 g/mol. The van der Waals surface area contributed by atoms with Crippen molar-refractivity contribution < 1.29 is 4.79 Å². The van der Waals surface area contributed by atoms with Gasteiger partial charge in [0.25, 0.3) is 11.5 Å². The third-order valence-corrected chi connectivity index (χ3v) is 6.97. The van der Waals surface area contributed by atoms with Crippen molar-refractivity contribution in [2.24, 2.45) is 0 Å². The molecular formula is C23H27N5O2S. The molecule has 1 aliphatic rings. The zero-order chi connectivity index (χ0) is 21.6. The number of hydrogen-bond donors (Lipinski definition) is 2. The second-order valence-electron chi connectivity index (χ2n) is 7.81. The van der Waals surface area contributed by atoms with Gasteiger partial charge in [-0.3, -0.25) is 14.6 Å². The predicted octanol–water partition coefficient (Wildman–Crippen LogP) is 2.75. The number of aryl methyl sites for hydroxylation is 1. The summed E-state index contributed by atoms with van der Waals surface area (Å²) in [5, 5.41) is 4.14. The van der Waals surface area contributed by atoms with Crippen LogP contribution < -0.4 is 10.9 Å². The third kappa shape index (κ3) is 5.51. The number of rotatable bonds is 7. The van der Waals surface area contributed by atoms with Crippen LogP contribution in [-0.2, 0) is 5.75 Å². The summed E-state index contributed by atoms with van der Waals surface area (Å²) >= 11 is 1.86. The van der Waals surface area contributed by atoms with Gasteiger partial charge in [-0.15, -0.1) is 0 Å². The first-order valence-electron chi connectivity index (χ1n) is 10.6. The van der Waals surface area contributed by atoms with Gasteiger partial charge < -0.3 is 15.2 Å². The van der Waals surface area contributed by atoms with Crippen LogP contribution in [0.1, 0.15) is 34.7 Å². The number of H-pyrrole nitrogens is 1. The Labute approximate surface area is 185 Å². The average Bonchev–Trinajstić information content (AvgIpc) is 2.80. The normalized spacial score (nSPS) is 15.3. The van der Waals surface area contributed by atoms with E-state index in [4.69, 9.17) is 0 Å². The molecule has 1 fully saturated rings. The SMILES string of the molecule is Cc1cccc2c(=O)[nH]c(CSC3CCN(CCNC(=O)c4ccccn4)CC3)nc12. The first-order valence-corrected chi connectivity index (χ1v) is 11.7. The molecule has 0 atom stereocenters. The molecule has 1 amide bonds. The lowest BCUT2D eigenvalue weighted by molar-refractivity contribution is 0.0941. The molecule has 1 aromatic carbocycles. The van der Waals surface area contributed by atoms with E-state index in [9.17, 15) is 9.59 Å². The van der Waals surface area contributed by atoms with Crippen LogP contribution in [0.5, 0.6) is 0 Å². The molecule has 0 radical (unpaired) electrons. The summed E-state index contributed by atoms with van der Waals surface area (Å²) in [7, 11) is 0. The molecule has 0 spiro atoms. The Morgan fingerprint density at radius 2 is 2.06 bits per heavy atom. The van der Waals surface area contributed by atoms with E-state index in [0.29, 0.717) is 28.6 Å². The van der Waals surface area contributed by atoms with Crippen LogP contribution in [0, 0.1) is 6.92 Å². The Bertz CT molecular complexity index is 1090. The van der Waals surface area contributed by atoms with Crippen molar-refractivity contribution in [1.82, 2.24) is 25.2 Å². The zero-order valence-corrected chi connectivity index (χ0v) is 18.5. The number of fused-ring (bicyclic) bond motifs is 1. The van der Waals surface area contributed by atoms with Crippen molar-refractivity contribution in [2.45, 2.75) is 30.8 Å². The molecule has 0 saturated carbocycles. The number of piperidine rings is 1. The van der Waals surface area contributed by atoms with Crippen molar-refractivity contribution in [2.75, 3.05) is 26.2 Å². The lowest BCUT2D eigenvalue weighted by Crippen LogP contribution is -2.40. The van der Waals surface area contributed by atoms with E-state index >= 15 is 0 Å². The number of pyridine rings is 1. The minimum Gasteiger partial charge on any atom is -0.349 e. The number of aromatic amines is 1. The lowest BCUT2D eigenvalue weighted by atomic mass is 10.1. The summed E-state index contributed by atoms with van der Waals surface area (Å²) in [5.74, 6) is 1.33. The molecule has 3 aromatic rings. The van der Waals surface area contributed by atoms with Crippen LogP contribution in [0.15, 0.2) is 47.4 Å². The maximum absolute atomic E-state index is 12.3. The number of carbonyl (C=O) groups excluding carboxylic acids is 1. The van der Waals surface area contributed by atoms with Crippen LogP contribution in [0.4, 0.5) is 0 Å². The molecule has 1 saturated heterocycles. The Kier molecular flexibility index (Phi) is 6.99. The molecule has 2 aromatic heterocycles. The highest BCUT2D eigenvalue weighted by Gasteiger charge is 2.20. The van der Waals surface area contributed by atoms with Crippen LogP contribution in [0.25, 0.3) is 10.9 Å². The van der Waals surface area contributed by atoms with E-state index in [1.54, 1.807) is 18.3 Å². The van der Waals surface area contributed by atoms with Crippen molar-refractivity contribution in [3.63, 3.8) is 0 Å². The fraction of sp³-hybridized carbons (Fsp3) is 0.391. The smallest absolute Gasteiger partial charge is 0.269 e. The standard InChI is InChI=1S/C23H27N5O2S/c1-16-5-4-6-18-21(16)26-20(27-22(18)29)15-31-17-8-12-28(13-9-17)14-11-25-23(30)19-7-2-3-10-24-19/h2-7,10,17H,8-9,11-15H2,1H3,(H,25,30)(H,26,27,29). The lowest BCUT2D eigenvalue weighted by Gasteiger charge is -2.31. The van der Waals surface area contributed by atoms with E-state index in [1.165, 1.54) is 0 Å². The molecule has 8 heteroatoms. The molecule has 0 bridgehead atoms. The van der Waals surface area contributed by atoms with Gasteiger partial charge in [0, 0.05) is 24.5 Å². The molecule has 2 N–H and O–H groups in total. The van der Waals surface area contributed by atoms with Crippen LogP contribution in [0.2, 0.25) is 0 Å². The summed E-state index contributed by atoms with van der Waals surface area (Å²) < 4.78 is 0. The van der Waals surface area contributed by atoms with Crippen LogP contribution in [-0.4, -0.2) is 57.2 Å². The number of benzene rings is 1. The van der Waals surface area contributed by atoms with Crippen molar-refractivity contribution in [3.05, 3.63) is 70.0 Å². The zero-order valence-electron chi connectivity index (χ0n) is 17.6. The summed E-state index contributed by atoms with van der Waals surface area (Å²) in [6.45, 7) is 5.47. The fourth-order valence-corrected chi connectivity index (χ4v) is 4.91. The van der Waals surface area contributed by atoms with Gasteiger partial charge in [-0.2, -0.15) is 11.8 Å². The Hall–Kier alpha value is -2.71. The highest BCUT2D eigenvalue weighted by molar-refractivity contribution is 7.99. The Balaban J connectivity index is 1.21. The van der Waals surface area contributed by atoms with Crippen molar-refractivity contribution in [3.8, 4) is 0 Å². The second-order valence-corrected chi connectivity index (χ2v) is 9.10. The molecule has 3 heterocycles. The second kappa shape index (κ2) is 10.1. The molecule has 31 heavy (non-hydrogen) atoms. The summed E-state index contributed by atoms with van der Waals surface area (Å²) in [4.78, 5) is 38.5. The van der Waals surface area contributed by atoms with Gasteiger partial charge in [-0.1, -0.05) is 18.2 Å². The number of aromatic nitrogens is 3. The highest BCUT2D eigenvalue weighted by atomic mass is 32.2. The number of amides is 1. The van der Waals surface area contributed by atoms with Gasteiger partial charge in [0.15, 0.2) is 0 Å². The molecule has 0 unspecified atom stereocenters. The number of nitrogens with zero attached hydrogens (tertiary/aromatic N) is 3. The topological polar surface area (TPSA) is 91.0 Å². The van der Waals surface area contributed by atoms with Gasteiger partial charge in [-0.05, 0) is 56.6 Å². The first kappa shape index (κ1) is 21.5. The van der Waals surface area contributed by atoms with E-state index in [2.05, 4.69) is 25.2 Å². The maximum Gasteiger partial charge on any atom is 0.269 e. The minimum absolute atomic E-state index is 0.0631. The Morgan fingerprint density at radius 1 is 1.23 bits per heavy atom. The molecule has 0 aliphatic carbocycles. The van der Waals surface area contributed by atoms with Gasteiger partial charge in [-0.25, -0.2) is 4.98 Å². The number of para-hydroxylation sites is 1. The third-order valence-electron chi connectivity index (χ3n) is 5.59. The number of carbonyl (C=O) groups is 1. The first-order chi connectivity index (χ1) is 15.1. The van der Waals surface area contributed by atoms with Gasteiger partial charge in [0.05, 0.1) is 16.7 Å². The minimum atomic E-state index is -0.127. The molecule has 4 rings (SSSR count). The molecular weight excluding hydrogens is 410 g/mol. The summed E-state index contributed by atoms with van der Waals surface area (Å²) in [6, 6.07) is 11.0. The number of likely N-dealkylation sites (tertiary alicyclic amines) is 1. The van der Waals surface area contributed by atoms with E-state index in [1.807, 2.05) is 43.0 Å². The van der Waals surface area contributed by atoms with Gasteiger partial charge >= 0.3 is 0 Å². The van der Waals surface area contributed by atoms with Gasteiger partial charge in [0.1, 0.15) is 11.5 Å². The average molecular weight is 438 g/mol. The van der Waals surface area contributed by atoms with E-state index < -0.39 is 0 Å². The number of hydrogen-bond acceptors (Lipinski definition) is 6. The predicted molar refractivity (Wildman–Crippen MR) is 124 cm³/mol. The number of thioether (sulfide) groups is 1. The Morgan fingerprint density at radius 3 is 2.84 bits per heavy atom. The fourth-order valence-electron chi connectivity index (χ4n) is 3.83. The summed E-state index contributed by atoms with van der Waals surface area (Å²) in [6.07, 6.45) is 3.81. The molecule has 1 aliphatic heterocycles. The molecule has 7 nitrogen and oxygen atoms in total. The van der Waals surface area contributed by atoms with Crippen LogP contribution in [0.3, 0.4) is 0 Å². The van der Waals surface area contributed by atoms with E-state index in [-0.39, 0.29) is 11.5 Å². The van der Waals surface area contributed by atoms with Crippen molar-refractivity contribution in [1.29, 1.82) is 0 Å². The highest BCUT2D eigenvalue weighted by Crippen LogP contribution is 2.26. The largest absolute Gasteiger partial charge is 0.349 e. The van der Waals surface area contributed by atoms with Crippen LogP contribution >= 0.6 is 11.8 Å². The summed E-state index contributed by atoms with van der Waals surface area (Å²) in [5.41, 5.74) is 2.21. The maximum atomic E-state index is 12.3. The van der Waals surface area contributed by atoms with Crippen molar-refractivity contribution >= 4 is 28.6 Å².